The molecule has 0 unspecified atom stereocenters. The van der Waals surface area contributed by atoms with E-state index in [1.807, 2.05) is 38.4 Å². The molecule has 0 aliphatic carbocycles. The summed E-state index contributed by atoms with van der Waals surface area (Å²) < 4.78 is 1.69. The molecule has 0 aliphatic heterocycles. The average Bonchev–Trinajstić information content (AvgIpc) is 3.08. The van der Waals surface area contributed by atoms with E-state index >= 15 is 0 Å². The predicted molar refractivity (Wildman–Crippen MR) is 101 cm³/mol. The quantitative estimate of drug-likeness (QED) is 0.723. The number of hydrogen-bond donors (Lipinski definition) is 2. The van der Waals surface area contributed by atoms with Crippen molar-refractivity contribution in [2.45, 2.75) is 19.9 Å². The van der Waals surface area contributed by atoms with Crippen molar-refractivity contribution in [1.29, 1.82) is 5.26 Å². The minimum absolute atomic E-state index is 0.283. The number of aromatic nitrogens is 4. The molecule has 8 heteroatoms. The Morgan fingerprint density at radius 1 is 1.26 bits per heavy atom. The van der Waals surface area contributed by atoms with Gasteiger partial charge in [-0.3, -0.25) is 9.48 Å². The number of nitrogens with zero attached hydrogens (tertiary/aromatic N) is 5. The Kier molecular flexibility index (Phi) is 5.13. The van der Waals surface area contributed by atoms with Gasteiger partial charge in [0.1, 0.15) is 6.04 Å². The molecule has 2 heterocycles. The summed E-state index contributed by atoms with van der Waals surface area (Å²) in [6, 6.07) is 8.52. The fourth-order valence-corrected chi connectivity index (χ4v) is 2.50. The van der Waals surface area contributed by atoms with Crippen molar-refractivity contribution in [3.05, 3.63) is 54.0 Å². The van der Waals surface area contributed by atoms with Crippen LogP contribution in [-0.2, 0) is 7.05 Å². The monoisotopic (exact) mass is 361 g/mol. The number of carbonyl (C=O) groups excluding carboxylic acids is 1. The molecule has 0 radical (unpaired) electrons. The van der Waals surface area contributed by atoms with Gasteiger partial charge >= 0.3 is 0 Å². The Morgan fingerprint density at radius 2 is 2.00 bits per heavy atom. The number of nitriles is 1. The molecule has 0 spiro atoms. The largest absolute Gasteiger partial charge is 0.337 e. The summed E-state index contributed by atoms with van der Waals surface area (Å²) in [6.07, 6.45) is 5.27. The van der Waals surface area contributed by atoms with E-state index in [2.05, 4.69) is 25.7 Å². The molecule has 0 bridgehead atoms. The van der Waals surface area contributed by atoms with E-state index in [0.717, 1.165) is 22.5 Å². The van der Waals surface area contributed by atoms with E-state index < -0.39 is 6.04 Å². The number of rotatable bonds is 5. The van der Waals surface area contributed by atoms with Crippen molar-refractivity contribution in [2.75, 3.05) is 5.32 Å². The highest BCUT2D eigenvalue weighted by molar-refractivity contribution is 5.95. The SMILES string of the molecule is Cc1cnc(Nc2cnn(C)c2)nc1-c1ccc(C(=O)N[C@@H](C)C#N)cc1. The lowest BCUT2D eigenvalue weighted by Gasteiger charge is -2.10. The van der Waals surface area contributed by atoms with E-state index in [1.54, 1.807) is 36.1 Å². The lowest BCUT2D eigenvalue weighted by molar-refractivity contribution is 0.0948. The van der Waals surface area contributed by atoms with Gasteiger partial charge in [-0.25, -0.2) is 9.97 Å². The van der Waals surface area contributed by atoms with E-state index in [0.29, 0.717) is 11.5 Å². The van der Waals surface area contributed by atoms with Gasteiger partial charge in [-0.15, -0.1) is 0 Å². The van der Waals surface area contributed by atoms with Gasteiger partial charge in [0.2, 0.25) is 5.95 Å². The highest BCUT2D eigenvalue weighted by Gasteiger charge is 2.11. The second-order valence-corrected chi connectivity index (χ2v) is 6.15. The second kappa shape index (κ2) is 7.66. The van der Waals surface area contributed by atoms with Gasteiger partial charge in [0.25, 0.3) is 5.91 Å². The minimum atomic E-state index is -0.539. The molecule has 1 amide bonds. The molecule has 2 N–H and O–H groups in total. The molecular weight excluding hydrogens is 342 g/mol. The summed E-state index contributed by atoms with van der Waals surface area (Å²) >= 11 is 0. The molecular formula is C19H19N7O. The number of amides is 1. The lowest BCUT2D eigenvalue weighted by Crippen LogP contribution is -2.31. The minimum Gasteiger partial charge on any atom is -0.337 e. The number of aryl methyl sites for hydroxylation is 2. The lowest BCUT2D eigenvalue weighted by atomic mass is 10.1. The maximum atomic E-state index is 12.1. The first-order valence-corrected chi connectivity index (χ1v) is 8.36. The van der Waals surface area contributed by atoms with E-state index in [9.17, 15) is 4.79 Å². The summed E-state index contributed by atoms with van der Waals surface area (Å²) in [6.45, 7) is 3.56. The number of hydrogen-bond acceptors (Lipinski definition) is 6. The molecule has 3 rings (SSSR count). The van der Waals surface area contributed by atoms with Gasteiger partial charge in [0, 0.05) is 30.6 Å². The highest BCUT2D eigenvalue weighted by atomic mass is 16.1. The Labute approximate surface area is 156 Å². The number of anilines is 2. The fourth-order valence-electron chi connectivity index (χ4n) is 2.50. The van der Waals surface area contributed by atoms with E-state index in [1.165, 1.54) is 0 Å². The maximum Gasteiger partial charge on any atom is 0.252 e. The first-order valence-electron chi connectivity index (χ1n) is 8.36. The number of benzene rings is 1. The second-order valence-electron chi connectivity index (χ2n) is 6.15. The van der Waals surface area contributed by atoms with Crippen LogP contribution >= 0.6 is 0 Å². The molecule has 1 atom stereocenters. The Morgan fingerprint density at radius 3 is 2.63 bits per heavy atom. The molecule has 3 aromatic rings. The first-order chi connectivity index (χ1) is 13.0. The zero-order chi connectivity index (χ0) is 19.4. The van der Waals surface area contributed by atoms with Crippen LogP contribution in [0.3, 0.4) is 0 Å². The Balaban J connectivity index is 1.82. The van der Waals surface area contributed by atoms with Gasteiger partial charge in [0.05, 0.1) is 23.6 Å². The smallest absolute Gasteiger partial charge is 0.252 e. The van der Waals surface area contributed by atoms with Crippen LogP contribution in [0.4, 0.5) is 11.6 Å². The van der Waals surface area contributed by atoms with Gasteiger partial charge in [-0.2, -0.15) is 10.4 Å². The topological polar surface area (TPSA) is 109 Å². The Bertz CT molecular complexity index is 1000. The van der Waals surface area contributed by atoms with Crippen molar-refractivity contribution < 1.29 is 4.79 Å². The van der Waals surface area contributed by atoms with Gasteiger partial charge in [-0.1, -0.05) is 12.1 Å². The third-order valence-electron chi connectivity index (χ3n) is 3.89. The standard InChI is InChI=1S/C19H19N7O/c1-12-9-21-19(24-16-10-22-26(3)11-16)25-17(12)14-4-6-15(7-5-14)18(27)23-13(2)8-20/h4-7,9-11,13H,1-3H3,(H,23,27)(H,21,24,25)/t13-/m0/s1. The highest BCUT2D eigenvalue weighted by Crippen LogP contribution is 2.23. The zero-order valence-electron chi connectivity index (χ0n) is 15.3. The van der Waals surface area contributed by atoms with Crippen molar-refractivity contribution in [1.82, 2.24) is 25.1 Å². The summed E-state index contributed by atoms with van der Waals surface area (Å²) in [5.74, 6) is 0.183. The average molecular weight is 361 g/mol. The van der Waals surface area contributed by atoms with Crippen molar-refractivity contribution >= 4 is 17.5 Å². The van der Waals surface area contributed by atoms with Crippen LogP contribution in [0.25, 0.3) is 11.3 Å². The van der Waals surface area contributed by atoms with E-state index in [4.69, 9.17) is 5.26 Å². The molecule has 0 saturated heterocycles. The van der Waals surface area contributed by atoms with Crippen molar-refractivity contribution in [3.8, 4) is 17.3 Å². The van der Waals surface area contributed by atoms with Crippen molar-refractivity contribution in [2.24, 2.45) is 7.05 Å². The Hall–Kier alpha value is -3.73. The third-order valence-corrected chi connectivity index (χ3v) is 3.89. The molecule has 0 fully saturated rings. The summed E-state index contributed by atoms with van der Waals surface area (Å²) in [5.41, 5.74) is 3.84. The molecule has 0 aliphatic rings. The molecule has 2 aromatic heterocycles. The van der Waals surface area contributed by atoms with Gasteiger partial charge in [-0.05, 0) is 31.5 Å². The molecule has 8 nitrogen and oxygen atoms in total. The van der Waals surface area contributed by atoms with Crippen LogP contribution < -0.4 is 10.6 Å². The summed E-state index contributed by atoms with van der Waals surface area (Å²) in [5, 5.41) is 18.6. The van der Waals surface area contributed by atoms with Gasteiger partial charge < -0.3 is 10.6 Å². The maximum absolute atomic E-state index is 12.1. The van der Waals surface area contributed by atoms with Crippen LogP contribution in [0.2, 0.25) is 0 Å². The normalized spacial score (nSPS) is 11.5. The molecule has 136 valence electrons. The zero-order valence-corrected chi connectivity index (χ0v) is 15.3. The first kappa shape index (κ1) is 18.1. The number of carbonyl (C=O) groups is 1. The van der Waals surface area contributed by atoms with Crippen LogP contribution in [0.1, 0.15) is 22.8 Å². The van der Waals surface area contributed by atoms with Gasteiger partial charge in [0.15, 0.2) is 0 Å². The predicted octanol–water partition coefficient (Wildman–Crippen LogP) is 2.57. The van der Waals surface area contributed by atoms with E-state index in [-0.39, 0.29) is 5.91 Å². The van der Waals surface area contributed by atoms with Crippen molar-refractivity contribution in [3.63, 3.8) is 0 Å². The van der Waals surface area contributed by atoms with Crippen LogP contribution in [0.15, 0.2) is 42.9 Å². The van der Waals surface area contributed by atoms with Crippen LogP contribution in [0, 0.1) is 18.3 Å². The molecule has 27 heavy (non-hydrogen) atoms. The molecule has 0 saturated carbocycles. The fraction of sp³-hybridized carbons (Fsp3) is 0.211. The third kappa shape index (κ3) is 4.27. The molecule has 1 aromatic carbocycles. The number of nitrogens with one attached hydrogen (secondary N) is 2. The van der Waals surface area contributed by atoms with Crippen LogP contribution in [0.5, 0.6) is 0 Å². The summed E-state index contributed by atoms with van der Waals surface area (Å²) in [4.78, 5) is 21.0. The summed E-state index contributed by atoms with van der Waals surface area (Å²) in [7, 11) is 1.83. The van der Waals surface area contributed by atoms with Crippen LogP contribution in [-0.4, -0.2) is 31.7 Å².